The highest BCUT2D eigenvalue weighted by Crippen LogP contribution is 2.10. The predicted octanol–water partition coefficient (Wildman–Crippen LogP) is 2.36. The lowest BCUT2D eigenvalue weighted by Crippen LogP contribution is -2.39. The topological polar surface area (TPSA) is 54.9 Å². The number of ether oxygens (including phenoxy) is 2. The largest absolute Gasteiger partial charge is 0.492 e. The molecule has 5 heteroatoms. The van der Waals surface area contributed by atoms with Crippen molar-refractivity contribution < 1.29 is 9.47 Å². The Morgan fingerprint density at radius 1 is 1.00 bits per heavy atom. The predicted molar refractivity (Wildman–Crippen MR) is 91.8 cm³/mol. The molecule has 0 spiro atoms. The maximum Gasteiger partial charge on any atom is 0.191 e. The number of nitrogens with one attached hydrogen (secondary N) is 2. The minimum Gasteiger partial charge on any atom is -0.492 e. The maximum atomic E-state index is 5.67. The van der Waals surface area contributed by atoms with Crippen LogP contribution in [0.4, 0.5) is 0 Å². The summed E-state index contributed by atoms with van der Waals surface area (Å²) in [7, 11) is 3.52. The molecule has 0 amide bonds. The Kier molecular flexibility index (Phi) is 9.87. The molecular formula is C17H29N3O2. The zero-order valence-electron chi connectivity index (χ0n) is 14.0. The van der Waals surface area contributed by atoms with Crippen LogP contribution in [0.2, 0.25) is 0 Å². The van der Waals surface area contributed by atoms with Gasteiger partial charge in [-0.25, -0.2) is 0 Å². The summed E-state index contributed by atoms with van der Waals surface area (Å²) in [4.78, 5) is 4.19. The summed E-state index contributed by atoms with van der Waals surface area (Å²) in [5.41, 5.74) is 1.24. The van der Waals surface area contributed by atoms with Crippen molar-refractivity contribution in [1.29, 1.82) is 0 Å². The van der Waals surface area contributed by atoms with Crippen LogP contribution in [0.15, 0.2) is 29.3 Å². The van der Waals surface area contributed by atoms with Gasteiger partial charge in [0.05, 0.1) is 6.54 Å². The van der Waals surface area contributed by atoms with E-state index in [1.807, 2.05) is 24.3 Å². The molecule has 0 heterocycles. The third-order valence-corrected chi connectivity index (χ3v) is 3.23. The van der Waals surface area contributed by atoms with Gasteiger partial charge in [0.2, 0.25) is 0 Å². The van der Waals surface area contributed by atoms with E-state index in [-0.39, 0.29) is 0 Å². The van der Waals surface area contributed by atoms with Crippen molar-refractivity contribution in [3.05, 3.63) is 29.8 Å². The number of unbranched alkanes of at least 4 members (excludes halogenated alkanes) is 2. The lowest BCUT2D eigenvalue weighted by molar-refractivity contribution is 0.192. The standard InChI is InChI=1S/C17H29N3O2/c1-15-7-9-16(10-8-15)22-14-12-20-17(18-2)19-11-5-4-6-13-21-3/h7-10H,4-6,11-14H2,1-3H3,(H2,18,19,20). The molecule has 0 bridgehead atoms. The number of methoxy groups -OCH3 is 1. The molecule has 0 aliphatic heterocycles. The minimum absolute atomic E-state index is 0.609. The highest BCUT2D eigenvalue weighted by Gasteiger charge is 1.97. The Hall–Kier alpha value is -1.75. The van der Waals surface area contributed by atoms with Gasteiger partial charge in [-0.3, -0.25) is 4.99 Å². The summed E-state index contributed by atoms with van der Waals surface area (Å²) >= 11 is 0. The van der Waals surface area contributed by atoms with Crippen LogP contribution in [0.1, 0.15) is 24.8 Å². The fourth-order valence-corrected chi connectivity index (χ4v) is 1.95. The first-order chi connectivity index (χ1) is 10.8. The number of rotatable bonds is 10. The average molecular weight is 307 g/mol. The van der Waals surface area contributed by atoms with E-state index in [0.29, 0.717) is 6.61 Å². The monoisotopic (exact) mass is 307 g/mol. The minimum atomic E-state index is 0.609. The lowest BCUT2D eigenvalue weighted by Gasteiger charge is -2.12. The molecule has 0 aromatic heterocycles. The third-order valence-electron chi connectivity index (χ3n) is 3.23. The second-order valence-corrected chi connectivity index (χ2v) is 5.14. The van der Waals surface area contributed by atoms with Crippen LogP contribution in [0.25, 0.3) is 0 Å². The summed E-state index contributed by atoms with van der Waals surface area (Å²) in [6.07, 6.45) is 3.38. The van der Waals surface area contributed by atoms with Gasteiger partial charge in [-0.15, -0.1) is 0 Å². The van der Waals surface area contributed by atoms with E-state index in [1.165, 1.54) is 5.56 Å². The maximum absolute atomic E-state index is 5.67. The van der Waals surface area contributed by atoms with Gasteiger partial charge < -0.3 is 20.1 Å². The highest BCUT2D eigenvalue weighted by atomic mass is 16.5. The van der Waals surface area contributed by atoms with Crippen molar-refractivity contribution in [2.75, 3.05) is 40.5 Å². The van der Waals surface area contributed by atoms with Crippen LogP contribution >= 0.6 is 0 Å². The van der Waals surface area contributed by atoms with Gasteiger partial charge in [0.25, 0.3) is 0 Å². The molecule has 1 aromatic rings. The molecule has 0 atom stereocenters. The van der Waals surface area contributed by atoms with Crippen LogP contribution in [0, 0.1) is 6.92 Å². The molecule has 0 saturated carbocycles. The van der Waals surface area contributed by atoms with E-state index in [2.05, 4.69) is 22.5 Å². The fraction of sp³-hybridized carbons (Fsp3) is 0.588. The molecule has 0 fully saturated rings. The first-order valence-electron chi connectivity index (χ1n) is 7.89. The van der Waals surface area contributed by atoms with Crippen molar-refractivity contribution in [1.82, 2.24) is 10.6 Å². The highest BCUT2D eigenvalue weighted by molar-refractivity contribution is 5.79. The van der Waals surface area contributed by atoms with Crippen molar-refractivity contribution in [2.24, 2.45) is 4.99 Å². The first-order valence-corrected chi connectivity index (χ1v) is 7.89. The first kappa shape index (κ1) is 18.3. The fourth-order valence-electron chi connectivity index (χ4n) is 1.95. The number of aliphatic imine (C=N–C) groups is 1. The van der Waals surface area contributed by atoms with Gasteiger partial charge >= 0.3 is 0 Å². The molecule has 2 N–H and O–H groups in total. The summed E-state index contributed by atoms with van der Waals surface area (Å²) in [5.74, 6) is 1.72. The zero-order chi connectivity index (χ0) is 16.0. The van der Waals surface area contributed by atoms with Gasteiger partial charge in [0, 0.05) is 27.3 Å². The van der Waals surface area contributed by atoms with Gasteiger partial charge in [0.1, 0.15) is 12.4 Å². The molecule has 0 unspecified atom stereocenters. The zero-order valence-corrected chi connectivity index (χ0v) is 14.0. The molecule has 0 aliphatic rings. The lowest BCUT2D eigenvalue weighted by atomic mass is 10.2. The summed E-state index contributed by atoms with van der Waals surface area (Å²) < 4.78 is 10.7. The molecule has 1 rings (SSSR count). The van der Waals surface area contributed by atoms with E-state index in [4.69, 9.17) is 9.47 Å². The molecule has 124 valence electrons. The summed E-state index contributed by atoms with van der Waals surface area (Å²) in [6.45, 7) is 5.15. The average Bonchev–Trinajstić information content (AvgIpc) is 2.54. The number of benzene rings is 1. The number of hydrogen-bond donors (Lipinski definition) is 2. The number of nitrogens with zero attached hydrogens (tertiary/aromatic N) is 1. The van der Waals surface area contributed by atoms with Crippen molar-refractivity contribution in [3.63, 3.8) is 0 Å². The molecule has 5 nitrogen and oxygen atoms in total. The van der Waals surface area contributed by atoms with E-state index >= 15 is 0 Å². The van der Waals surface area contributed by atoms with E-state index in [1.54, 1.807) is 14.2 Å². The molecular weight excluding hydrogens is 278 g/mol. The smallest absolute Gasteiger partial charge is 0.191 e. The second kappa shape index (κ2) is 11.9. The van der Waals surface area contributed by atoms with Gasteiger partial charge in [0.15, 0.2) is 5.96 Å². The Balaban J connectivity index is 2.07. The second-order valence-electron chi connectivity index (χ2n) is 5.14. The molecule has 1 aromatic carbocycles. The van der Waals surface area contributed by atoms with E-state index < -0.39 is 0 Å². The molecule has 0 radical (unpaired) electrons. The quantitative estimate of drug-likeness (QED) is 0.396. The van der Waals surface area contributed by atoms with Crippen LogP contribution < -0.4 is 15.4 Å². The van der Waals surface area contributed by atoms with Gasteiger partial charge in [-0.2, -0.15) is 0 Å². The summed E-state index contributed by atoms with van der Waals surface area (Å²) in [6, 6.07) is 8.07. The Morgan fingerprint density at radius 3 is 2.41 bits per heavy atom. The Bertz CT molecular complexity index is 418. The van der Waals surface area contributed by atoms with Crippen LogP contribution in [0.3, 0.4) is 0 Å². The molecule has 0 saturated heterocycles. The molecule has 22 heavy (non-hydrogen) atoms. The normalized spacial score (nSPS) is 11.3. The van der Waals surface area contributed by atoms with Crippen LogP contribution in [-0.2, 0) is 4.74 Å². The van der Waals surface area contributed by atoms with Crippen LogP contribution in [0.5, 0.6) is 5.75 Å². The van der Waals surface area contributed by atoms with Crippen molar-refractivity contribution in [3.8, 4) is 5.75 Å². The van der Waals surface area contributed by atoms with Crippen molar-refractivity contribution >= 4 is 5.96 Å². The van der Waals surface area contributed by atoms with Gasteiger partial charge in [-0.1, -0.05) is 17.7 Å². The summed E-state index contributed by atoms with van der Waals surface area (Å²) in [5, 5.41) is 6.54. The number of hydrogen-bond acceptors (Lipinski definition) is 3. The molecule has 0 aliphatic carbocycles. The SMILES string of the molecule is CN=C(NCCCCCOC)NCCOc1ccc(C)cc1. The number of guanidine groups is 1. The van der Waals surface area contributed by atoms with Crippen LogP contribution in [-0.4, -0.2) is 46.4 Å². The van der Waals surface area contributed by atoms with Gasteiger partial charge in [-0.05, 0) is 38.3 Å². The Labute approximate surface area is 134 Å². The van der Waals surface area contributed by atoms with E-state index in [9.17, 15) is 0 Å². The third kappa shape index (κ3) is 8.52. The van der Waals surface area contributed by atoms with E-state index in [0.717, 1.165) is 50.7 Å². The Morgan fingerprint density at radius 2 is 1.73 bits per heavy atom. The number of aryl methyl sites for hydroxylation is 1. The van der Waals surface area contributed by atoms with Crippen molar-refractivity contribution in [2.45, 2.75) is 26.2 Å².